The van der Waals surface area contributed by atoms with Gasteiger partial charge >= 0.3 is 0 Å². The summed E-state index contributed by atoms with van der Waals surface area (Å²) < 4.78 is 11.0. The van der Waals surface area contributed by atoms with Gasteiger partial charge in [0, 0.05) is 11.4 Å². The van der Waals surface area contributed by atoms with Crippen LogP contribution in [-0.2, 0) is 6.42 Å². The number of ether oxygens (including phenoxy) is 2. The summed E-state index contributed by atoms with van der Waals surface area (Å²) in [6.45, 7) is 4.50. The minimum Gasteiger partial charge on any atom is -0.493 e. The Labute approximate surface area is 142 Å². The summed E-state index contributed by atoms with van der Waals surface area (Å²) in [6.07, 6.45) is 3.54. The average molecular weight is 331 g/mol. The molecule has 4 heteroatoms. The second kappa shape index (κ2) is 7.37. The van der Waals surface area contributed by atoms with E-state index in [0.29, 0.717) is 6.04 Å². The fraction of sp³-hybridized carbons (Fsp3) is 0.474. The van der Waals surface area contributed by atoms with Crippen LogP contribution >= 0.6 is 11.3 Å². The molecule has 1 atom stereocenters. The molecule has 1 aromatic heterocycles. The first-order valence-corrected chi connectivity index (χ1v) is 9.18. The molecule has 1 aliphatic heterocycles. The fourth-order valence-corrected chi connectivity index (χ4v) is 4.26. The predicted molar refractivity (Wildman–Crippen MR) is 95.9 cm³/mol. The highest BCUT2D eigenvalue weighted by molar-refractivity contribution is 7.10. The van der Waals surface area contributed by atoms with Crippen LogP contribution in [0.3, 0.4) is 0 Å². The quantitative estimate of drug-likeness (QED) is 0.777. The summed E-state index contributed by atoms with van der Waals surface area (Å²) >= 11 is 1.84. The summed E-state index contributed by atoms with van der Waals surface area (Å²) in [4.78, 5) is 4.03. The van der Waals surface area contributed by atoms with E-state index in [2.05, 4.69) is 41.5 Å². The van der Waals surface area contributed by atoms with E-state index in [0.717, 1.165) is 31.0 Å². The molecule has 0 unspecified atom stereocenters. The van der Waals surface area contributed by atoms with Gasteiger partial charge in [-0.05, 0) is 54.1 Å². The Balaban J connectivity index is 2.04. The number of thiophene rings is 1. The maximum absolute atomic E-state index is 5.54. The third-order valence-electron chi connectivity index (χ3n) is 4.59. The van der Waals surface area contributed by atoms with E-state index < -0.39 is 0 Å². The molecular weight excluding hydrogens is 306 g/mol. The molecular formula is C19H25NO2S. The van der Waals surface area contributed by atoms with Crippen molar-refractivity contribution in [3.8, 4) is 11.5 Å². The van der Waals surface area contributed by atoms with Gasteiger partial charge in [0.25, 0.3) is 0 Å². The fourth-order valence-electron chi connectivity index (χ4n) is 3.38. The van der Waals surface area contributed by atoms with Crippen LogP contribution in [0.5, 0.6) is 11.5 Å². The molecule has 1 aromatic carbocycles. The van der Waals surface area contributed by atoms with Gasteiger partial charge in [-0.3, -0.25) is 4.90 Å². The maximum atomic E-state index is 5.54. The van der Waals surface area contributed by atoms with E-state index in [-0.39, 0.29) is 0 Å². The Kier molecular flexibility index (Phi) is 5.23. The van der Waals surface area contributed by atoms with E-state index in [1.54, 1.807) is 14.2 Å². The van der Waals surface area contributed by atoms with Crippen molar-refractivity contribution in [2.24, 2.45) is 0 Å². The molecule has 0 bridgehead atoms. The Hall–Kier alpha value is -1.52. The molecule has 124 valence electrons. The summed E-state index contributed by atoms with van der Waals surface area (Å²) in [7, 11) is 3.42. The zero-order valence-electron chi connectivity index (χ0n) is 14.2. The van der Waals surface area contributed by atoms with Gasteiger partial charge in [-0.15, -0.1) is 11.3 Å². The molecule has 0 N–H and O–H groups in total. The zero-order chi connectivity index (χ0) is 16.2. The van der Waals surface area contributed by atoms with E-state index in [9.17, 15) is 0 Å². The molecule has 0 amide bonds. The summed E-state index contributed by atoms with van der Waals surface area (Å²) in [6, 6.07) is 9.07. The Bertz CT molecular complexity index is 639. The molecule has 3 rings (SSSR count). The molecule has 0 saturated carbocycles. The van der Waals surface area contributed by atoms with Crippen molar-refractivity contribution < 1.29 is 9.47 Å². The largest absolute Gasteiger partial charge is 0.493 e. The molecule has 0 aliphatic carbocycles. The third kappa shape index (κ3) is 3.24. The first kappa shape index (κ1) is 16.3. The smallest absolute Gasteiger partial charge is 0.161 e. The minimum atomic E-state index is 0.338. The molecule has 2 aromatic rings. The Morgan fingerprint density at radius 1 is 1.22 bits per heavy atom. The predicted octanol–water partition coefficient (Wildman–Crippen LogP) is 4.51. The Morgan fingerprint density at radius 3 is 2.65 bits per heavy atom. The number of fused-ring (bicyclic) bond motifs is 1. The van der Waals surface area contributed by atoms with Crippen molar-refractivity contribution in [3.05, 3.63) is 45.6 Å². The monoisotopic (exact) mass is 331 g/mol. The molecule has 3 nitrogen and oxygen atoms in total. The van der Waals surface area contributed by atoms with E-state index in [1.165, 1.54) is 28.8 Å². The molecule has 1 aliphatic rings. The maximum Gasteiger partial charge on any atom is 0.161 e. The first-order valence-electron chi connectivity index (χ1n) is 8.30. The second-order valence-electron chi connectivity index (χ2n) is 5.96. The van der Waals surface area contributed by atoms with Crippen LogP contribution in [0.1, 0.15) is 41.8 Å². The average Bonchev–Trinajstić information content (AvgIpc) is 3.12. The van der Waals surface area contributed by atoms with Crippen molar-refractivity contribution >= 4 is 11.3 Å². The molecule has 0 saturated heterocycles. The summed E-state index contributed by atoms with van der Waals surface area (Å²) in [5.41, 5.74) is 2.75. The van der Waals surface area contributed by atoms with Crippen molar-refractivity contribution in [2.75, 3.05) is 27.3 Å². The van der Waals surface area contributed by atoms with Crippen molar-refractivity contribution in [1.82, 2.24) is 4.90 Å². The first-order chi connectivity index (χ1) is 11.3. The number of unbranched alkanes of at least 4 members (excludes halogenated alkanes) is 1. The molecule has 2 heterocycles. The minimum absolute atomic E-state index is 0.338. The lowest BCUT2D eigenvalue weighted by Gasteiger charge is -2.37. The number of rotatable bonds is 6. The van der Waals surface area contributed by atoms with Gasteiger partial charge in [0.2, 0.25) is 0 Å². The number of hydrogen-bond donors (Lipinski definition) is 0. The lowest BCUT2D eigenvalue weighted by Crippen LogP contribution is -2.36. The van der Waals surface area contributed by atoms with Crippen LogP contribution in [0, 0.1) is 0 Å². The van der Waals surface area contributed by atoms with Crippen LogP contribution in [0.25, 0.3) is 0 Å². The highest BCUT2D eigenvalue weighted by atomic mass is 32.1. The van der Waals surface area contributed by atoms with Crippen LogP contribution < -0.4 is 9.47 Å². The van der Waals surface area contributed by atoms with Crippen LogP contribution in [0.2, 0.25) is 0 Å². The van der Waals surface area contributed by atoms with Crippen LogP contribution in [0.15, 0.2) is 29.6 Å². The lowest BCUT2D eigenvalue weighted by atomic mass is 9.90. The molecule has 0 spiro atoms. The normalized spacial score (nSPS) is 17.8. The van der Waals surface area contributed by atoms with Crippen LogP contribution in [-0.4, -0.2) is 32.2 Å². The van der Waals surface area contributed by atoms with E-state index in [4.69, 9.17) is 9.47 Å². The topological polar surface area (TPSA) is 21.7 Å². The van der Waals surface area contributed by atoms with E-state index >= 15 is 0 Å². The van der Waals surface area contributed by atoms with Crippen molar-refractivity contribution in [2.45, 2.75) is 32.2 Å². The number of nitrogens with zero attached hydrogens (tertiary/aromatic N) is 1. The third-order valence-corrected chi connectivity index (χ3v) is 5.51. The highest BCUT2D eigenvalue weighted by Gasteiger charge is 2.30. The summed E-state index contributed by atoms with van der Waals surface area (Å²) in [5.74, 6) is 1.66. The molecule has 23 heavy (non-hydrogen) atoms. The van der Waals surface area contributed by atoms with Gasteiger partial charge in [-0.25, -0.2) is 0 Å². The van der Waals surface area contributed by atoms with Gasteiger partial charge in [-0.2, -0.15) is 0 Å². The van der Waals surface area contributed by atoms with Gasteiger partial charge in [-0.1, -0.05) is 19.4 Å². The summed E-state index contributed by atoms with van der Waals surface area (Å²) in [5, 5.41) is 2.17. The van der Waals surface area contributed by atoms with Crippen molar-refractivity contribution in [3.63, 3.8) is 0 Å². The molecule has 0 radical (unpaired) electrons. The number of methoxy groups -OCH3 is 2. The van der Waals surface area contributed by atoms with Gasteiger partial charge in [0.1, 0.15) is 0 Å². The van der Waals surface area contributed by atoms with Crippen molar-refractivity contribution in [1.29, 1.82) is 0 Å². The van der Waals surface area contributed by atoms with Gasteiger partial charge in [0.15, 0.2) is 11.5 Å². The zero-order valence-corrected chi connectivity index (χ0v) is 15.0. The number of hydrogen-bond acceptors (Lipinski definition) is 4. The van der Waals surface area contributed by atoms with Gasteiger partial charge < -0.3 is 9.47 Å². The SMILES string of the molecule is CCCCN1CCc2cc(OC)c(OC)cc2[C@@H]1c1cccs1. The highest BCUT2D eigenvalue weighted by Crippen LogP contribution is 2.42. The Morgan fingerprint density at radius 2 is 2.00 bits per heavy atom. The second-order valence-corrected chi connectivity index (χ2v) is 6.94. The number of benzene rings is 1. The standard InChI is InChI=1S/C19H25NO2S/c1-4-5-9-20-10-8-14-12-16(21-2)17(22-3)13-15(14)19(20)18-7-6-11-23-18/h6-7,11-13,19H,4-5,8-10H2,1-3H3/t19-/m1/s1. The van der Waals surface area contributed by atoms with E-state index in [1.807, 2.05) is 11.3 Å². The van der Waals surface area contributed by atoms with Gasteiger partial charge in [0.05, 0.1) is 20.3 Å². The lowest BCUT2D eigenvalue weighted by molar-refractivity contribution is 0.212. The molecule has 0 fully saturated rings. The van der Waals surface area contributed by atoms with Crippen LogP contribution in [0.4, 0.5) is 0 Å².